The molecule has 11 heteroatoms. The Morgan fingerprint density at radius 3 is 1.80 bits per heavy atom. The number of nitrogens with zero attached hydrogens (tertiary/aromatic N) is 3. The van der Waals surface area contributed by atoms with Crippen LogP contribution < -0.4 is 9.80 Å². The standard InChI is InChI=1S/C40H51N3O8/c1-25-34(48-37(47)51-40(8,9)10)33-29-16-14-13-15-28(29)30(43(35(45)49-38(2,3)4)36(46)50-39(5,6)7)23-31(33)42(25)32(44)22-21-26-17-19-27(20-18-26)24-41(11)12/h13-23,25,34H,24H2,1-12H3/b22-21+. The fraction of sp³-hybridized carbons (Fsp3) is 0.450. The van der Waals surface area contributed by atoms with Gasteiger partial charge in [0.1, 0.15) is 16.8 Å². The van der Waals surface area contributed by atoms with Gasteiger partial charge in [0, 0.05) is 23.6 Å². The van der Waals surface area contributed by atoms with Crippen molar-refractivity contribution in [2.45, 2.75) is 105 Å². The van der Waals surface area contributed by atoms with Crippen LogP contribution in [0.1, 0.15) is 92.0 Å². The maximum atomic E-state index is 14.2. The molecule has 0 fully saturated rings. The van der Waals surface area contributed by atoms with Gasteiger partial charge in [0.2, 0.25) is 0 Å². The first kappa shape index (κ1) is 38.9. The molecule has 51 heavy (non-hydrogen) atoms. The number of anilines is 2. The third-order valence-electron chi connectivity index (χ3n) is 7.57. The number of rotatable bonds is 6. The summed E-state index contributed by atoms with van der Waals surface area (Å²) in [4.78, 5) is 59.4. The molecule has 2 atom stereocenters. The highest BCUT2D eigenvalue weighted by atomic mass is 16.7. The lowest BCUT2D eigenvalue weighted by Crippen LogP contribution is -2.44. The Morgan fingerprint density at radius 2 is 1.29 bits per heavy atom. The largest absolute Gasteiger partial charge is 0.509 e. The van der Waals surface area contributed by atoms with Crippen LogP contribution >= 0.6 is 0 Å². The third kappa shape index (κ3) is 9.88. The molecule has 0 spiro atoms. The minimum absolute atomic E-state index is 0.135. The van der Waals surface area contributed by atoms with E-state index in [1.807, 2.05) is 38.4 Å². The molecule has 4 rings (SSSR count). The van der Waals surface area contributed by atoms with Gasteiger partial charge in [0.25, 0.3) is 5.91 Å². The fourth-order valence-corrected chi connectivity index (χ4v) is 5.73. The number of ether oxygens (including phenoxy) is 4. The highest BCUT2D eigenvalue weighted by Gasteiger charge is 2.45. The summed E-state index contributed by atoms with van der Waals surface area (Å²) in [7, 11) is 3.99. The molecule has 1 aliphatic heterocycles. The van der Waals surface area contributed by atoms with Crippen molar-refractivity contribution in [1.29, 1.82) is 0 Å². The third-order valence-corrected chi connectivity index (χ3v) is 7.57. The SMILES string of the molecule is CC1C(OC(=O)OC(C)(C)C)c2c(cc(N(C(=O)OC(C)(C)C)C(=O)OC(C)(C)C)c3ccccc23)N1C(=O)/C=C/c1ccc(CN(C)C)cc1. The van der Waals surface area contributed by atoms with Crippen molar-refractivity contribution in [3.05, 3.63) is 77.4 Å². The van der Waals surface area contributed by atoms with E-state index >= 15 is 0 Å². The highest BCUT2D eigenvalue weighted by molar-refractivity contribution is 6.18. The second-order valence-corrected chi connectivity index (χ2v) is 15.9. The molecule has 0 bridgehead atoms. The second kappa shape index (κ2) is 14.8. The lowest BCUT2D eigenvalue weighted by Gasteiger charge is -2.30. The molecule has 3 aromatic carbocycles. The first-order valence-electron chi connectivity index (χ1n) is 17.0. The van der Waals surface area contributed by atoms with Crippen molar-refractivity contribution >= 4 is 52.5 Å². The summed E-state index contributed by atoms with van der Waals surface area (Å²) in [5, 5.41) is 1.03. The normalized spacial score (nSPS) is 16.3. The van der Waals surface area contributed by atoms with Crippen LogP contribution in [-0.2, 0) is 30.3 Å². The zero-order chi connectivity index (χ0) is 38.1. The molecule has 1 heterocycles. The molecule has 1 aliphatic rings. The Labute approximate surface area is 301 Å². The van der Waals surface area contributed by atoms with Gasteiger partial charge >= 0.3 is 18.3 Å². The Bertz CT molecular complexity index is 1780. The van der Waals surface area contributed by atoms with E-state index in [1.165, 1.54) is 11.0 Å². The van der Waals surface area contributed by atoms with Crippen molar-refractivity contribution in [3.63, 3.8) is 0 Å². The van der Waals surface area contributed by atoms with E-state index in [0.29, 0.717) is 22.0 Å². The Kier molecular flexibility index (Phi) is 11.3. The smallest absolute Gasteiger partial charge is 0.443 e. The molecule has 0 saturated heterocycles. The number of carbonyl (C=O) groups excluding carboxylic acids is 4. The minimum atomic E-state index is -0.954. The van der Waals surface area contributed by atoms with Crippen LogP contribution in [0.15, 0.2) is 60.7 Å². The van der Waals surface area contributed by atoms with Gasteiger partial charge in [-0.2, -0.15) is 4.90 Å². The summed E-state index contributed by atoms with van der Waals surface area (Å²) >= 11 is 0. The number of imide groups is 1. The summed E-state index contributed by atoms with van der Waals surface area (Å²) in [6.07, 6.45) is -0.592. The number of amides is 3. The number of carbonyl (C=O) groups is 4. The van der Waals surface area contributed by atoms with Crippen molar-refractivity contribution < 1.29 is 38.1 Å². The summed E-state index contributed by atoms with van der Waals surface area (Å²) in [6.45, 7) is 17.9. The van der Waals surface area contributed by atoms with E-state index in [4.69, 9.17) is 18.9 Å². The molecule has 0 aromatic heterocycles. The molecule has 0 saturated carbocycles. The van der Waals surface area contributed by atoms with E-state index in [9.17, 15) is 19.2 Å². The average molecular weight is 702 g/mol. The van der Waals surface area contributed by atoms with Crippen molar-refractivity contribution in [1.82, 2.24) is 4.90 Å². The molecule has 11 nitrogen and oxygen atoms in total. The number of hydrogen-bond acceptors (Lipinski definition) is 9. The topological polar surface area (TPSA) is 115 Å². The van der Waals surface area contributed by atoms with Gasteiger partial charge < -0.3 is 28.7 Å². The van der Waals surface area contributed by atoms with Crippen molar-refractivity contribution in [2.75, 3.05) is 23.9 Å². The Balaban J connectivity index is 1.91. The molecule has 2 unspecified atom stereocenters. The molecule has 3 amide bonds. The van der Waals surface area contributed by atoms with E-state index in [0.717, 1.165) is 22.6 Å². The molecular weight excluding hydrogens is 650 g/mol. The van der Waals surface area contributed by atoms with Crippen LogP contribution in [0.4, 0.5) is 25.8 Å². The monoisotopic (exact) mass is 701 g/mol. The summed E-state index contributed by atoms with van der Waals surface area (Å²) in [6, 6.07) is 15.8. The Morgan fingerprint density at radius 1 is 0.765 bits per heavy atom. The predicted molar refractivity (Wildman–Crippen MR) is 199 cm³/mol. The van der Waals surface area contributed by atoms with Crippen LogP contribution in [0, 0.1) is 0 Å². The van der Waals surface area contributed by atoms with Crippen molar-refractivity contribution in [3.8, 4) is 0 Å². The second-order valence-electron chi connectivity index (χ2n) is 15.9. The first-order chi connectivity index (χ1) is 23.5. The lowest BCUT2D eigenvalue weighted by molar-refractivity contribution is -0.115. The molecule has 0 radical (unpaired) electrons. The van der Waals surface area contributed by atoms with Gasteiger partial charge in [-0.15, -0.1) is 0 Å². The maximum Gasteiger partial charge on any atom is 0.509 e. The summed E-state index contributed by atoms with van der Waals surface area (Å²) < 4.78 is 22.9. The lowest BCUT2D eigenvalue weighted by atomic mass is 9.97. The average Bonchev–Trinajstić information content (AvgIpc) is 3.24. The zero-order valence-electron chi connectivity index (χ0n) is 31.8. The van der Waals surface area contributed by atoms with Gasteiger partial charge in [-0.1, -0.05) is 48.5 Å². The van der Waals surface area contributed by atoms with E-state index in [2.05, 4.69) is 4.90 Å². The molecule has 0 N–H and O–H groups in total. The van der Waals surface area contributed by atoms with E-state index in [1.54, 1.807) is 106 Å². The van der Waals surface area contributed by atoms with Crippen LogP contribution in [0.5, 0.6) is 0 Å². The van der Waals surface area contributed by atoms with Crippen LogP contribution in [-0.4, -0.2) is 66.1 Å². The quantitative estimate of drug-likeness (QED) is 0.141. The molecule has 274 valence electrons. The van der Waals surface area contributed by atoms with Crippen LogP contribution in [0.25, 0.3) is 16.8 Å². The van der Waals surface area contributed by atoms with Gasteiger partial charge in [-0.3, -0.25) is 4.79 Å². The van der Waals surface area contributed by atoms with Gasteiger partial charge in [0.05, 0.1) is 17.4 Å². The molecule has 0 aliphatic carbocycles. The van der Waals surface area contributed by atoms with E-state index < -0.39 is 53.2 Å². The fourth-order valence-electron chi connectivity index (χ4n) is 5.73. The number of hydrogen-bond donors (Lipinski definition) is 0. The van der Waals surface area contributed by atoms with Crippen LogP contribution in [0.3, 0.4) is 0 Å². The maximum absolute atomic E-state index is 14.2. The Hall–Kier alpha value is -4.90. The zero-order valence-corrected chi connectivity index (χ0v) is 31.8. The summed E-state index contributed by atoms with van der Waals surface area (Å²) in [5.74, 6) is -0.404. The number of benzene rings is 3. The predicted octanol–water partition coefficient (Wildman–Crippen LogP) is 9.02. The molecular formula is C40H51N3O8. The molecule has 3 aromatic rings. The highest BCUT2D eigenvalue weighted by Crippen LogP contribution is 2.49. The number of fused-ring (bicyclic) bond motifs is 3. The van der Waals surface area contributed by atoms with Gasteiger partial charge in [0.15, 0.2) is 6.10 Å². The van der Waals surface area contributed by atoms with Gasteiger partial charge in [-0.05, 0) is 112 Å². The minimum Gasteiger partial charge on any atom is -0.443 e. The van der Waals surface area contributed by atoms with E-state index in [-0.39, 0.29) is 5.69 Å². The van der Waals surface area contributed by atoms with Gasteiger partial charge in [-0.25, -0.2) is 14.4 Å². The first-order valence-corrected chi connectivity index (χ1v) is 17.0. The summed E-state index contributed by atoms with van der Waals surface area (Å²) in [5.41, 5.74) is 0.246. The van der Waals surface area contributed by atoms with Crippen LogP contribution in [0.2, 0.25) is 0 Å². The van der Waals surface area contributed by atoms with Crippen molar-refractivity contribution in [2.24, 2.45) is 0 Å².